The van der Waals surface area contributed by atoms with Crippen molar-refractivity contribution < 1.29 is 9.59 Å². The molecule has 3 rings (SSSR count). The highest BCUT2D eigenvalue weighted by Gasteiger charge is 2.22. The van der Waals surface area contributed by atoms with Gasteiger partial charge in [-0.1, -0.05) is 42.4 Å². The standard InChI is InChI=1S/C20H19ClN2O2S/c1-3-12(2)22-19(24)14-7-8-17-16(11-14)23-20(25)18(26-17)10-13-5-4-6-15(21)9-13/h4-12H,3H2,1-2H3,(H,22,24)(H,23,25)/b18-10+/t12-/m0/s1. The summed E-state index contributed by atoms with van der Waals surface area (Å²) in [4.78, 5) is 26.2. The second kappa shape index (κ2) is 7.98. The summed E-state index contributed by atoms with van der Waals surface area (Å²) < 4.78 is 0. The number of rotatable bonds is 4. The predicted octanol–water partition coefficient (Wildman–Crippen LogP) is 4.95. The Balaban J connectivity index is 1.83. The van der Waals surface area contributed by atoms with Gasteiger partial charge >= 0.3 is 0 Å². The average molecular weight is 387 g/mol. The summed E-state index contributed by atoms with van der Waals surface area (Å²) in [5.74, 6) is -0.330. The van der Waals surface area contributed by atoms with Crippen LogP contribution in [0.5, 0.6) is 0 Å². The summed E-state index contributed by atoms with van der Waals surface area (Å²) in [6.07, 6.45) is 2.67. The minimum atomic E-state index is -0.193. The normalized spacial score (nSPS) is 16.0. The van der Waals surface area contributed by atoms with Crippen molar-refractivity contribution >= 4 is 46.9 Å². The van der Waals surface area contributed by atoms with Crippen LogP contribution in [-0.4, -0.2) is 17.9 Å². The largest absolute Gasteiger partial charge is 0.350 e. The number of carbonyl (C=O) groups excluding carboxylic acids is 2. The molecule has 1 heterocycles. The number of anilines is 1. The van der Waals surface area contributed by atoms with Crippen LogP contribution in [0.1, 0.15) is 36.2 Å². The molecule has 0 aliphatic carbocycles. The van der Waals surface area contributed by atoms with E-state index in [1.54, 1.807) is 30.3 Å². The van der Waals surface area contributed by atoms with E-state index in [4.69, 9.17) is 11.6 Å². The molecule has 0 saturated heterocycles. The van der Waals surface area contributed by atoms with Gasteiger partial charge in [-0.25, -0.2) is 0 Å². The highest BCUT2D eigenvalue weighted by molar-refractivity contribution is 8.04. The van der Waals surface area contributed by atoms with Crippen molar-refractivity contribution in [1.82, 2.24) is 5.32 Å². The number of amides is 2. The summed E-state index contributed by atoms with van der Waals surface area (Å²) in [7, 11) is 0. The molecule has 4 nitrogen and oxygen atoms in total. The minimum absolute atomic E-state index is 0.106. The van der Waals surface area contributed by atoms with Gasteiger partial charge in [0, 0.05) is 21.5 Å². The molecule has 0 spiro atoms. The Morgan fingerprint density at radius 1 is 1.31 bits per heavy atom. The third kappa shape index (κ3) is 4.29. The Labute approximate surface area is 162 Å². The first kappa shape index (κ1) is 18.5. The molecule has 134 valence electrons. The van der Waals surface area contributed by atoms with Gasteiger partial charge in [-0.3, -0.25) is 9.59 Å². The van der Waals surface area contributed by atoms with Crippen molar-refractivity contribution in [2.75, 3.05) is 5.32 Å². The van der Waals surface area contributed by atoms with Gasteiger partial charge in [0.05, 0.1) is 10.6 Å². The van der Waals surface area contributed by atoms with E-state index >= 15 is 0 Å². The Morgan fingerprint density at radius 2 is 2.12 bits per heavy atom. The van der Waals surface area contributed by atoms with Crippen LogP contribution in [0.25, 0.3) is 6.08 Å². The number of hydrogen-bond donors (Lipinski definition) is 2. The Morgan fingerprint density at radius 3 is 2.85 bits per heavy atom. The molecule has 0 aromatic heterocycles. The molecule has 1 aliphatic rings. The molecular formula is C20H19ClN2O2S. The lowest BCUT2D eigenvalue weighted by Crippen LogP contribution is -2.32. The average Bonchev–Trinajstić information content (AvgIpc) is 2.61. The molecule has 0 fully saturated rings. The lowest BCUT2D eigenvalue weighted by molar-refractivity contribution is -0.112. The van der Waals surface area contributed by atoms with Crippen molar-refractivity contribution in [3.63, 3.8) is 0 Å². The maximum absolute atomic E-state index is 12.4. The zero-order valence-corrected chi connectivity index (χ0v) is 16.1. The van der Waals surface area contributed by atoms with E-state index in [1.807, 2.05) is 32.0 Å². The van der Waals surface area contributed by atoms with Crippen molar-refractivity contribution in [3.05, 3.63) is 63.5 Å². The number of fused-ring (bicyclic) bond motifs is 1. The number of hydrogen-bond acceptors (Lipinski definition) is 3. The van der Waals surface area contributed by atoms with Gasteiger partial charge in [0.1, 0.15) is 0 Å². The van der Waals surface area contributed by atoms with Gasteiger partial charge in [-0.15, -0.1) is 0 Å². The topological polar surface area (TPSA) is 58.2 Å². The van der Waals surface area contributed by atoms with E-state index < -0.39 is 0 Å². The van der Waals surface area contributed by atoms with Gasteiger partial charge < -0.3 is 10.6 Å². The first-order valence-electron chi connectivity index (χ1n) is 8.37. The van der Waals surface area contributed by atoms with Crippen LogP contribution in [-0.2, 0) is 4.79 Å². The molecule has 0 radical (unpaired) electrons. The second-order valence-corrected chi connectivity index (χ2v) is 7.63. The summed E-state index contributed by atoms with van der Waals surface area (Å²) in [6, 6.07) is 12.8. The fourth-order valence-corrected chi connectivity index (χ4v) is 3.59. The van der Waals surface area contributed by atoms with Crippen LogP contribution in [0.4, 0.5) is 5.69 Å². The van der Waals surface area contributed by atoms with Gasteiger partial charge in [0.25, 0.3) is 11.8 Å². The first-order chi connectivity index (χ1) is 12.5. The molecule has 26 heavy (non-hydrogen) atoms. The van der Waals surface area contributed by atoms with Gasteiger partial charge in [-0.05, 0) is 55.3 Å². The summed E-state index contributed by atoms with van der Waals surface area (Å²) >= 11 is 7.38. The number of thioether (sulfide) groups is 1. The molecule has 1 aliphatic heterocycles. The molecule has 2 aromatic carbocycles. The lowest BCUT2D eigenvalue weighted by Gasteiger charge is -2.20. The molecule has 2 amide bonds. The maximum atomic E-state index is 12.4. The van der Waals surface area contributed by atoms with Crippen molar-refractivity contribution in [2.45, 2.75) is 31.2 Å². The van der Waals surface area contributed by atoms with Crippen molar-refractivity contribution in [1.29, 1.82) is 0 Å². The smallest absolute Gasteiger partial charge is 0.262 e. The fraction of sp³-hybridized carbons (Fsp3) is 0.200. The Bertz CT molecular complexity index is 895. The van der Waals surface area contributed by atoms with E-state index in [9.17, 15) is 9.59 Å². The maximum Gasteiger partial charge on any atom is 0.262 e. The van der Waals surface area contributed by atoms with E-state index in [0.29, 0.717) is 21.2 Å². The Hall–Kier alpha value is -2.24. The van der Waals surface area contributed by atoms with Gasteiger partial charge in [0.2, 0.25) is 0 Å². The summed E-state index contributed by atoms with van der Waals surface area (Å²) in [5.41, 5.74) is 2.05. The number of benzene rings is 2. The summed E-state index contributed by atoms with van der Waals surface area (Å²) in [6.45, 7) is 3.98. The van der Waals surface area contributed by atoms with E-state index in [1.165, 1.54) is 11.8 Å². The van der Waals surface area contributed by atoms with Crippen molar-refractivity contribution in [3.8, 4) is 0 Å². The van der Waals surface area contributed by atoms with Crippen LogP contribution >= 0.6 is 23.4 Å². The van der Waals surface area contributed by atoms with Crippen LogP contribution in [0.2, 0.25) is 5.02 Å². The third-order valence-corrected chi connectivity index (χ3v) is 5.40. The Kier molecular flexibility index (Phi) is 5.69. The highest BCUT2D eigenvalue weighted by Crippen LogP contribution is 2.39. The van der Waals surface area contributed by atoms with E-state index in [2.05, 4.69) is 10.6 Å². The number of nitrogens with one attached hydrogen (secondary N) is 2. The number of carbonyl (C=O) groups is 2. The monoisotopic (exact) mass is 386 g/mol. The lowest BCUT2D eigenvalue weighted by atomic mass is 10.1. The SMILES string of the molecule is CC[C@H](C)NC(=O)c1ccc2c(c1)NC(=O)/C(=C\c1cccc(Cl)c1)S2. The van der Waals surface area contributed by atoms with E-state index in [-0.39, 0.29) is 17.9 Å². The van der Waals surface area contributed by atoms with Gasteiger partial charge in [0.15, 0.2) is 0 Å². The molecule has 6 heteroatoms. The molecule has 0 bridgehead atoms. The van der Waals surface area contributed by atoms with Crippen LogP contribution in [0.3, 0.4) is 0 Å². The van der Waals surface area contributed by atoms with E-state index in [0.717, 1.165) is 16.9 Å². The molecular weight excluding hydrogens is 368 g/mol. The second-order valence-electron chi connectivity index (χ2n) is 6.11. The molecule has 2 aromatic rings. The zero-order chi connectivity index (χ0) is 18.7. The van der Waals surface area contributed by atoms with Crippen LogP contribution in [0, 0.1) is 0 Å². The summed E-state index contributed by atoms with van der Waals surface area (Å²) in [5, 5.41) is 6.42. The highest BCUT2D eigenvalue weighted by atomic mass is 35.5. The zero-order valence-electron chi connectivity index (χ0n) is 14.5. The van der Waals surface area contributed by atoms with Gasteiger partial charge in [-0.2, -0.15) is 0 Å². The quantitative estimate of drug-likeness (QED) is 0.730. The molecule has 2 N–H and O–H groups in total. The van der Waals surface area contributed by atoms with Crippen LogP contribution in [0.15, 0.2) is 52.3 Å². The molecule has 0 saturated carbocycles. The van der Waals surface area contributed by atoms with Crippen molar-refractivity contribution in [2.24, 2.45) is 0 Å². The number of halogens is 1. The minimum Gasteiger partial charge on any atom is -0.350 e. The third-order valence-electron chi connectivity index (χ3n) is 4.07. The predicted molar refractivity (Wildman–Crippen MR) is 108 cm³/mol. The van der Waals surface area contributed by atoms with Crippen LogP contribution < -0.4 is 10.6 Å². The fourth-order valence-electron chi connectivity index (χ4n) is 2.46. The first-order valence-corrected chi connectivity index (χ1v) is 9.57. The molecule has 0 unspecified atom stereocenters. The molecule has 1 atom stereocenters.